The molecule has 0 bridgehead atoms. The van der Waals surface area contributed by atoms with Crippen molar-refractivity contribution in [3.05, 3.63) is 90.5 Å². The molecule has 0 radical (unpaired) electrons. The number of benzene rings is 3. The molecule has 0 unspecified atom stereocenters. The number of nitrogens with zero attached hydrogens (tertiary/aromatic N) is 4. The molecule has 1 N–H and O–H groups in total. The number of methoxy groups -OCH3 is 2. The van der Waals surface area contributed by atoms with E-state index in [0.717, 1.165) is 29.7 Å². The highest BCUT2D eigenvalue weighted by Crippen LogP contribution is 2.29. The molecule has 40 heavy (non-hydrogen) atoms. The number of ether oxygens (including phenoxy) is 2. The highest BCUT2D eigenvalue weighted by Gasteiger charge is 2.37. The SMILES string of the molecule is COc1ccc(CN(C(=O)Cn2nnc3ccccc32)[C@@H](C(=O)Nc2ccc(OC)cc2)[C@@H]2CC=CCC2)cc1. The zero-order valence-corrected chi connectivity index (χ0v) is 22.7. The van der Waals surface area contributed by atoms with Gasteiger partial charge in [0, 0.05) is 12.2 Å². The van der Waals surface area contributed by atoms with Gasteiger partial charge in [0.25, 0.3) is 0 Å². The summed E-state index contributed by atoms with van der Waals surface area (Å²) in [6.07, 6.45) is 6.60. The third-order valence-electron chi connectivity index (χ3n) is 7.26. The molecular formula is C31H33N5O4. The smallest absolute Gasteiger partial charge is 0.247 e. The Morgan fingerprint density at radius 2 is 1.68 bits per heavy atom. The Morgan fingerprint density at radius 3 is 2.35 bits per heavy atom. The van der Waals surface area contributed by atoms with Crippen LogP contribution < -0.4 is 14.8 Å². The molecule has 3 aromatic carbocycles. The van der Waals surface area contributed by atoms with E-state index in [4.69, 9.17) is 9.47 Å². The summed E-state index contributed by atoms with van der Waals surface area (Å²) in [7, 11) is 3.21. The molecule has 1 aliphatic rings. The fourth-order valence-corrected chi connectivity index (χ4v) is 5.13. The van der Waals surface area contributed by atoms with Gasteiger partial charge in [-0.15, -0.1) is 5.10 Å². The van der Waals surface area contributed by atoms with Crippen LogP contribution >= 0.6 is 0 Å². The van der Waals surface area contributed by atoms with Crippen LogP contribution in [0.5, 0.6) is 11.5 Å². The van der Waals surface area contributed by atoms with E-state index in [9.17, 15) is 9.59 Å². The Labute approximate surface area is 233 Å². The number of carbonyl (C=O) groups is 2. The molecular weight excluding hydrogens is 506 g/mol. The van der Waals surface area contributed by atoms with Gasteiger partial charge in [-0.1, -0.05) is 41.6 Å². The van der Waals surface area contributed by atoms with Crippen molar-refractivity contribution in [3.8, 4) is 11.5 Å². The van der Waals surface area contributed by atoms with Gasteiger partial charge in [0.15, 0.2) is 0 Å². The van der Waals surface area contributed by atoms with E-state index in [2.05, 4.69) is 27.8 Å². The van der Waals surface area contributed by atoms with E-state index in [1.54, 1.807) is 48.1 Å². The minimum absolute atomic E-state index is 0.0362. The molecule has 2 amide bonds. The number of aromatic nitrogens is 3. The van der Waals surface area contributed by atoms with E-state index in [1.165, 1.54) is 0 Å². The third-order valence-corrected chi connectivity index (χ3v) is 7.26. The lowest BCUT2D eigenvalue weighted by molar-refractivity contribution is -0.142. The summed E-state index contributed by atoms with van der Waals surface area (Å²) in [5.74, 6) is 0.940. The lowest BCUT2D eigenvalue weighted by atomic mass is 9.85. The van der Waals surface area contributed by atoms with Gasteiger partial charge >= 0.3 is 0 Å². The van der Waals surface area contributed by atoms with Gasteiger partial charge in [-0.05, 0) is 79.3 Å². The Kier molecular flexibility index (Phi) is 8.39. The normalized spacial score (nSPS) is 15.4. The molecule has 9 nitrogen and oxygen atoms in total. The van der Waals surface area contributed by atoms with Crippen LogP contribution in [0.3, 0.4) is 0 Å². The Hall–Kier alpha value is -4.66. The number of para-hydroxylation sites is 1. The monoisotopic (exact) mass is 539 g/mol. The van der Waals surface area contributed by atoms with Crippen molar-refractivity contribution in [1.29, 1.82) is 0 Å². The first kappa shape index (κ1) is 26.9. The molecule has 0 fully saturated rings. The third kappa shape index (κ3) is 6.14. The summed E-state index contributed by atoms with van der Waals surface area (Å²) in [4.78, 5) is 29.8. The van der Waals surface area contributed by atoms with E-state index < -0.39 is 6.04 Å². The molecule has 0 spiro atoms. The van der Waals surface area contributed by atoms with E-state index in [-0.39, 0.29) is 30.8 Å². The predicted molar refractivity (Wildman–Crippen MR) is 153 cm³/mol. The molecule has 4 aromatic rings. The molecule has 0 aliphatic heterocycles. The Bertz CT molecular complexity index is 1480. The van der Waals surface area contributed by atoms with Gasteiger partial charge in [0.05, 0.1) is 19.7 Å². The molecule has 5 rings (SSSR count). The van der Waals surface area contributed by atoms with Gasteiger partial charge in [-0.25, -0.2) is 4.68 Å². The van der Waals surface area contributed by atoms with Crippen molar-refractivity contribution in [2.45, 2.75) is 38.4 Å². The lowest BCUT2D eigenvalue weighted by Gasteiger charge is -2.37. The first-order valence-electron chi connectivity index (χ1n) is 13.4. The average molecular weight is 540 g/mol. The average Bonchev–Trinajstić information content (AvgIpc) is 3.40. The summed E-state index contributed by atoms with van der Waals surface area (Å²) >= 11 is 0. The molecule has 206 valence electrons. The van der Waals surface area contributed by atoms with Gasteiger partial charge < -0.3 is 19.7 Å². The maximum absolute atomic E-state index is 14.1. The van der Waals surface area contributed by atoms with Crippen LogP contribution in [0.1, 0.15) is 24.8 Å². The Morgan fingerprint density at radius 1 is 0.975 bits per heavy atom. The van der Waals surface area contributed by atoms with Crippen molar-refractivity contribution in [1.82, 2.24) is 19.9 Å². The van der Waals surface area contributed by atoms with Crippen LogP contribution in [-0.2, 0) is 22.7 Å². The van der Waals surface area contributed by atoms with Crippen molar-refractivity contribution in [2.75, 3.05) is 19.5 Å². The molecule has 0 saturated carbocycles. The van der Waals surface area contributed by atoms with Crippen LogP contribution in [-0.4, -0.2) is 52.0 Å². The minimum atomic E-state index is -0.698. The van der Waals surface area contributed by atoms with E-state index in [1.807, 2.05) is 48.5 Å². The van der Waals surface area contributed by atoms with Crippen LogP contribution in [0.25, 0.3) is 11.0 Å². The Balaban J connectivity index is 1.49. The largest absolute Gasteiger partial charge is 0.497 e. The maximum Gasteiger partial charge on any atom is 0.247 e. The molecule has 2 atom stereocenters. The van der Waals surface area contributed by atoms with Gasteiger partial charge in [-0.2, -0.15) is 0 Å². The number of amides is 2. The summed E-state index contributed by atoms with van der Waals surface area (Å²) in [5.41, 5.74) is 3.01. The summed E-state index contributed by atoms with van der Waals surface area (Å²) in [6.45, 7) is 0.224. The standard InChI is InChI=1S/C31H33N5O4/c1-39-25-16-12-22(13-17-25)20-35(29(37)21-36-28-11-7-6-10-27(28)33-34-36)30(23-8-4-3-5-9-23)31(38)32-24-14-18-26(40-2)19-15-24/h3-4,6-7,10-19,23,30H,5,8-9,20-21H2,1-2H3,(H,32,38)/t23-,30-/m1/s1. The van der Waals surface area contributed by atoms with Crippen LogP contribution in [0.4, 0.5) is 5.69 Å². The van der Waals surface area contributed by atoms with E-state index >= 15 is 0 Å². The van der Waals surface area contributed by atoms with Crippen molar-refractivity contribution >= 4 is 28.5 Å². The molecule has 1 aromatic heterocycles. The zero-order valence-electron chi connectivity index (χ0n) is 22.7. The predicted octanol–water partition coefficient (Wildman–Crippen LogP) is 4.84. The van der Waals surface area contributed by atoms with Crippen LogP contribution in [0.15, 0.2) is 84.9 Å². The summed E-state index contributed by atoms with van der Waals surface area (Å²) in [5, 5.41) is 11.5. The number of nitrogens with one attached hydrogen (secondary N) is 1. The number of anilines is 1. The second-order valence-corrected chi connectivity index (χ2v) is 9.81. The number of carbonyl (C=O) groups excluding carboxylic acids is 2. The molecule has 1 heterocycles. The van der Waals surface area contributed by atoms with Crippen LogP contribution in [0.2, 0.25) is 0 Å². The topological polar surface area (TPSA) is 98.6 Å². The first-order valence-corrected chi connectivity index (χ1v) is 13.4. The highest BCUT2D eigenvalue weighted by atomic mass is 16.5. The van der Waals surface area contributed by atoms with Gasteiger partial charge in [0.2, 0.25) is 11.8 Å². The number of hydrogen-bond acceptors (Lipinski definition) is 6. The van der Waals surface area contributed by atoms with Crippen molar-refractivity contribution < 1.29 is 19.1 Å². The highest BCUT2D eigenvalue weighted by molar-refractivity contribution is 5.97. The molecule has 9 heteroatoms. The lowest BCUT2D eigenvalue weighted by Crippen LogP contribution is -2.52. The number of hydrogen-bond donors (Lipinski definition) is 1. The summed E-state index contributed by atoms with van der Waals surface area (Å²) in [6, 6.07) is 21.6. The maximum atomic E-state index is 14.1. The van der Waals surface area contributed by atoms with Gasteiger partial charge in [0.1, 0.15) is 29.6 Å². The molecule has 1 aliphatic carbocycles. The van der Waals surface area contributed by atoms with Crippen LogP contribution in [0, 0.1) is 5.92 Å². The fourth-order valence-electron chi connectivity index (χ4n) is 5.13. The quantitative estimate of drug-likeness (QED) is 0.290. The first-order chi connectivity index (χ1) is 19.6. The zero-order chi connectivity index (χ0) is 27.9. The summed E-state index contributed by atoms with van der Waals surface area (Å²) < 4.78 is 12.2. The van der Waals surface area contributed by atoms with E-state index in [0.29, 0.717) is 23.4 Å². The minimum Gasteiger partial charge on any atom is -0.497 e. The number of allylic oxidation sites excluding steroid dienone is 2. The van der Waals surface area contributed by atoms with Crippen molar-refractivity contribution in [2.24, 2.45) is 5.92 Å². The van der Waals surface area contributed by atoms with Crippen molar-refractivity contribution in [3.63, 3.8) is 0 Å². The number of rotatable bonds is 10. The second kappa shape index (κ2) is 12.5. The second-order valence-electron chi connectivity index (χ2n) is 9.81. The number of fused-ring (bicyclic) bond motifs is 1. The van der Waals surface area contributed by atoms with Gasteiger partial charge in [-0.3, -0.25) is 9.59 Å². The molecule has 0 saturated heterocycles. The fraction of sp³-hybridized carbons (Fsp3) is 0.290.